The summed E-state index contributed by atoms with van der Waals surface area (Å²) in [5.41, 5.74) is 3.91. The van der Waals surface area contributed by atoms with Crippen LogP contribution in [-0.4, -0.2) is 5.11 Å². The van der Waals surface area contributed by atoms with Crippen molar-refractivity contribution in [2.45, 2.75) is 37.0 Å². The van der Waals surface area contributed by atoms with Crippen molar-refractivity contribution in [2.75, 3.05) is 0 Å². The van der Waals surface area contributed by atoms with Gasteiger partial charge >= 0.3 is 0 Å². The van der Waals surface area contributed by atoms with E-state index in [0.717, 1.165) is 32.9 Å². The fourth-order valence-electron chi connectivity index (χ4n) is 2.87. The fraction of sp³-hybridized carbons (Fsp3) is 0.263. The molecule has 0 bridgehead atoms. The quantitative estimate of drug-likeness (QED) is 0.787. The summed E-state index contributed by atoms with van der Waals surface area (Å²) in [5.74, 6) is 1.26. The van der Waals surface area contributed by atoms with Crippen LogP contribution in [0.1, 0.15) is 28.7 Å². The SMILES string of the molecule is C=CCC1(c2ccccc2)Oc2c(C)c(C)c(O)c(C)c2S1. The van der Waals surface area contributed by atoms with Gasteiger partial charge in [-0.05, 0) is 31.9 Å². The van der Waals surface area contributed by atoms with Crippen LogP contribution < -0.4 is 4.74 Å². The maximum Gasteiger partial charge on any atom is 0.188 e. The molecule has 3 heteroatoms. The molecule has 114 valence electrons. The average molecular weight is 312 g/mol. The monoisotopic (exact) mass is 312 g/mol. The molecular weight excluding hydrogens is 292 g/mol. The Morgan fingerprint density at radius 3 is 2.45 bits per heavy atom. The number of hydrogen-bond donors (Lipinski definition) is 1. The Morgan fingerprint density at radius 2 is 1.82 bits per heavy atom. The summed E-state index contributed by atoms with van der Waals surface area (Å²) >= 11 is 1.67. The van der Waals surface area contributed by atoms with E-state index in [1.54, 1.807) is 11.8 Å². The Labute approximate surface area is 135 Å². The van der Waals surface area contributed by atoms with Gasteiger partial charge in [-0.2, -0.15) is 0 Å². The van der Waals surface area contributed by atoms with Crippen molar-refractivity contribution < 1.29 is 9.84 Å². The van der Waals surface area contributed by atoms with Gasteiger partial charge in [0.05, 0.1) is 4.90 Å². The van der Waals surface area contributed by atoms with Gasteiger partial charge in [0.15, 0.2) is 4.93 Å². The summed E-state index contributed by atoms with van der Waals surface area (Å²) in [7, 11) is 0. The third-order valence-electron chi connectivity index (χ3n) is 4.32. The summed E-state index contributed by atoms with van der Waals surface area (Å²) in [6.07, 6.45) is 2.60. The predicted octanol–water partition coefficient (Wildman–Crippen LogP) is 5.23. The lowest BCUT2D eigenvalue weighted by molar-refractivity contribution is 0.176. The Balaban J connectivity index is 2.17. The first kappa shape index (κ1) is 15.0. The van der Waals surface area contributed by atoms with Crippen molar-refractivity contribution in [1.29, 1.82) is 0 Å². The molecule has 0 fully saturated rings. The van der Waals surface area contributed by atoms with Crippen molar-refractivity contribution >= 4 is 11.8 Å². The molecule has 0 spiro atoms. The largest absolute Gasteiger partial charge is 0.507 e. The molecule has 1 N–H and O–H groups in total. The standard InChI is InChI=1S/C19H20O2S/c1-5-11-19(15-9-7-6-8-10-15)21-17-13(3)12(2)16(20)14(4)18(17)22-19/h5-10,20H,1,11H2,2-4H3. The van der Waals surface area contributed by atoms with Crippen LogP contribution in [0.25, 0.3) is 0 Å². The smallest absolute Gasteiger partial charge is 0.188 e. The van der Waals surface area contributed by atoms with E-state index in [0.29, 0.717) is 12.2 Å². The summed E-state index contributed by atoms with van der Waals surface area (Å²) in [4.78, 5) is 0.535. The first-order chi connectivity index (χ1) is 10.5. The van der Waals surface area contributed by atoms with Crippen LogP contribution in [0, 0.1) is 20.8 Å². The van der Waals surface area contributed by atoms with Crippen molar-refractivity contribution in [3.05, 3.63) is 65.2 Å². The zero-order chi connectivity index (χ0) is 15.9. The van der Waals surface area contributed by atoms with Gasteiger partial charge in [-0.25, -0.2) is 0 Å². The zero-order valence-electron chi connectivity index (χ0n) is 13.1. The van der Waals surface area contributed by atoms with Crippen molar-refractivity contribution in [2.24, 2.45) is 0 Å². The van der Waals surface area contributed by atoms with Crippen LogP contribution >= 0.6 is 11.8 Å². The number of phenolic OH excluding ortho intramolecular Hbond substituents is 1. The summed E-state index contributed by atoms with van der Waals surface area (Å²) in [5, 5.41) is 10.3. The van der Waals surface area contributed by atoms with Crippen LogP contribution in [0.15, 0.2) is 47.9 Å². The number of benzene rings is 2. The van der Waals surface area contributed by atoms with Crippen LogP contribution in [0.2, 0.25) is 0 Å². The Bertz CT molecular complexity index is 698. The highest BCUT2D eigenvalue weighted by molar-refractivity contribution is 8.00. The molecule has 0 aromatic heterocycles. The molecule has 0 saturated carbocycles. The number of thioether (sulfide) groups is 1. The van der Waals surface area contributed by atoms with Gasteiger partial charge in [0, 0.05) is 17.5 Å². The molecule has 2 aromatic carbocycles. The molecule has 0 radical (unpaired) electrons. The van der Waals surface area contributed by atoms with Crippen LogP contribution in [0.4, 0.5) is 0 Å². The van der Waals surface area contributed by atoms with Crippen molar-refractivity contribution in [3.63, 3.8) is 0 Å². The van der Waals surface area contributed by atoms with E-state index in [-0.39, 0.29) is 0 Å². The second-order valence-corrected chi connectivity index (χ2v) is 6.97. The van der Waals surface area contributed by atoms with Gasteiger partial charge in [0.25, 0.3) is 0 Å². The number of aromatic hydroxyl groups is 1. The fourth-order valence-corrected chi connectivity index (χ4v) is 4.32. The molecule has 22 heavy (non-hydrogen) atoms. The third kappa shape index (κ3) is 2.12. The molecule has 2 nitrogen and oxygen atoms in total. The molecule has 1 heterocycles. The van der Waals surface area contributed by atoms with E-state index in [1.165, 1.54) is 0 Å². The second-order valence-electron chi connectivity index (χ2n) is 5.70. The summed E-state index contributed by atoms with van der Waals surface area (Å²) in [6.45, 7) is 9.78. The van der Waals surface area contributed by atoms with E-state index in [4.69, 9.17) is 4.74 Å². The first-order valence-corrected chi connectivity index (χ1v) is 8.19. The predicted molar refractivity (Wildman–Crippen MR) is 91.7 cm³/mol. The number of rotatable bonds is 3. The maximum absolute atomic E-state index is 10.3. The lowest BCUT2D eigenvalue weighted by Crippen LogP contribution is -2.25. The van der Waals surface area contributed by atoms with Gasteiger partial charge in [0.1, 0.15) is 11.5 Å². The Hall–Kier alpha value is -1.87. The van der Waals surface area contributed by atoms with E-state index < -0.39 is 4.93 Å². The lowest BCUT2D eigenvalue weighted by atomic mass is 10.0. The van der Waals surface area contributed by atoms with E-state index in [1.807, 2.05) is 45.0 Å². The zero-order valence-corrected chi connectivity index (χ0v) is 14.0. The number of hydrogen-bond acceptors (Lipinski definition) is 3. The summed E-state index contributed by atoms with van der Waals surface area (Å²) < 4.78 is 6.45. The van der Waals surface area contributed by atoms with Gasteiger partial charge in [-0.15, -0.1) is 6.58 Å². The normalized spacial score (nSPS) is 19.6. The minimum atomic E-state index is -0.499. The third-order valence-corrected chi connectivity index (χ3v) is 5.83. The van der Waals surface area contributed by atoms with Crippen molar-refractivity contribution in [1.82, 2.24) is 0 Å². The highest BCUT2D eigenvalue weighted by Gasteiger charge is 2.43. The Morgan fingerprint density at radius 1 is 1.14 bits per heavy atom. The van der Waals surface area contributed by atoms with Crippen molar-refractivity contribution in [3.8, 4) is 11.5 Å². The van der Waals surface area contributed by atoms with Gasteiger partial charge < -0.3 is 9.84 Å². The van der Waals surface area contributed by atoms with Gasteiger partial charge in [-0.3, -0.25) is 0 Å². The number of ether oxygens (including phenoxy) is 1. The average Bonchev–Trinajstić information content (AvgIpc) is 2.93. The number of fused-ring (bicyclic) bond motifs is 1. The topological polar surface area (TPSA) is 29.5 Å². The lowest BCUT2D eigenvalue weighted by Gasteiger charge is -2.27. The van der Waals surface area contributed by atoms with E-state index in [9.17, 15) is 5.11 Å². The second kappa shape index (κ2) is 5.40. The minimum Gasteiger partial charge on any atom is -0.507 e. The molecule has 1 atom stereocenters. The van der Waals surface area contributed by atoms with E-state index >= 15 is 0 Å². The van der Waals surface area contributed by atoms with Gasteiger partial charge in [-0.1, -0.05) is 48.2 Å². The van der Waals surface area contributed by atoms with E-state index in [2.05, 4.69) is 18.7 Å². The maximum atomic E-state index is 10.3. The molecule has 0 aliphatic carbocycles. The van der Waals surface area contributed by atoms with Gasteiger partial charge in [0.2, 0.25) is 0 Å². The first-order valence-electron chi connectivity index (χ1n) is 7.37. The molecule has 1 unspecified atom stereocenters. The summed E-state index contributed by atoms with van der Waals surface area (Å²) in [6, 6.07) is 10.2. The molecular formula is C19H20O2S. The molecule has 2 aromatic rings. The highest BCUT2D eigenvalue weighted by Crippen LogP contribution is 2.58. The Kier molecular flexibility index (Phi) is 3.69. The van der Waals surface area contributed by atoms with Crippen LogP contribution in [-0.2, 0) is 4.93 Å². The van der Waals surface area contributed by atoms with Crippen LogP contribution in [0.5, 0.6) is 11.5 Å². The molecule has 0 saturated heterocycles. The molecule has 0 amide bonds. The molecule has 3 rings (SSSR count). The number of phenols is 1. The molecule has 1 aliphatic rings. The minimum absolute atomic E-state index is 0.370. The van der Waals surface area contributed by atoms with Crippen LogP contribution in [0.3, 0.4) is 0 Å². The highest BCUT2D eigenvalue weighted by atomic mass is 32.2. The molecule has 1 aliphatic heterocycles.